The van der Waals surface area contributed by atoms with Gasteiger partial charge in [0.15, 0.2) is 5.76 Å². The number of imidazole rings is 1. The van der Waals surface area contributed by atoms with E-state index in [9.17, 15) is 4.79 Å². The highest BCUT2D eigenvalue weighted by Crippen LogP contribution is 2.15. The highest BCUT2D eigenvalue weighted by atomic mass is 16.3. The number of aryl methyl sites for hydroxylation is 2. The normalized spacial score (nSPS) is 16.8. The van der Waals surface area contributed by atoms with Crippen LogP contribution >= 0.6 is 0 Å². The fraction of sp³-hybridized carbons (Fsp3) is 0.400. The van der Waals surface area contributed by atoms with E-state index in [4.69, 9.17) is 4.42 Å². The van der Waals surface area contributed by atoms with Gasteiger partial charge in [-0.15, -0.1) is 10.2 Å². The molecule has 4 rings (SSSR count). The maximum absolute atomic E-state index is 12.2. The van der Waals surface area contributed by atoms with Gasteiger partial charge in [-0.05, 0) is 30.7 Å². The number of nitrogens with zero attached hydrogens (tertiary/aromatic N) is 6. The van der Waals surface area contributed by atoms with Crippen LogP contribution in [0.3, 0.4) is 0 Å². The number of fused-ring (bicyclic) bond motifs is 1. The summed E-state index contributed by atoms with van der Waals surface area (Å²) in [6.07, 6.45) is 5.30. The molecular weight excluding hydrogens is 310 g/mol. The summed E-state index contributed by atoms with van der Waals surface area (Å²) in [6, 6.07) is 3.58. The van der Waals surface area contributed by atoms with E-state index in [0.29, 0.717) is 11.6 Å². The van der Waals surface area contributed by atoms with E-state index in [-0.39, 0.29) is 18.5 Å². The van der Waals surface area contributed by atoms with Crippen molar-refractivity contribution >= 4 is 5.91 Å². The molecular formula is C15H17N7O2. The van der Waals surface area contributed by atoms with Crippen LogP contribution in [-0.4, -0.2) is 41.7 Å². The Labute approximate surface area is 137 Å². The summed E-state index contributed by atoms with van der Waals surface area (Å²) in [5.41, 5.74) is 1.01. The molecule has 1 N–H and O–H groups in total. The number of furan rings is 1. The van der Waals surface area contributed by atoms with Crippen molar-refractivity contribution in [3.63, 3.8) is 0 Å². The van der Waals surface area contributed by atoms with Crippen LogP contribution in [0.5, 0.6) is 0 Å². The predicted octanol–water partition coefficient (Wildman–Crippen LogP) is 0.569. The van der Waals surface area contributed by atoms with Crippen LogP contribution in [0.15, 0.2) is 29.0 Å². The maximum Gasteiger partial charge on any atom is 0.243 e. The number of aromatic nitrogens is 6. The molecule has 0 aromatic carbocycles. The first-order valence-electron chi connectivity index (χ1n) is 7.81. The fourth-order valence-corrected chi connectivity index (χ4v) is 2.92. The Morgan fingerprint density at radius 3 is 3.25 bits per heavy atom. The van der Waals surface area contributed by atoms with Crippen LogP contribution in [0.25, 0.3) is 11.6 Å². The molecule has 0 unspecified atom stereocenters. The minimum absolute atomic E-state index is 0.0278. The van der Waals surface area contributed by atoms with Crippen molar-refractivity contribution < 1.29 is 9.21 Å². The molecule has 1 amide bonds. The van der Waals surface area contributed by atoms with Gasteiger partial charge in [0, 0.05) is 25.2 Å². The Morgan fingerprint density at radius 1 is 1.50 bits per heavy atom. The van der Waals surface area contributed by atoms with Crippen LogP contribution in [-0.2, 0) is 24.3 Å². The van der Waals surface area contributed by atoms with Crippen LogP contribution in [0.2, 0.25) is 0 Å². The number of amides is 1. The SMILES string of the molecule is Cc1cn2c(n1)CC[C@@H](NC(=O)Cn1nnc(-c3ccco3)n1)C2. The first-order valence-corrected chi connectivity index (χ1v) is 7.81. The van der Waals surface area contributed by atoms with Crippen LogP contribution in [0.4, 0.5) is 0 Å². The number of hydrogen-bond acceptors (Lipinski definition) is 6. The average molecular weight is 327 g/mol. The van der Waals surface area contributed by atoms with Crippen LogP contribution in [0, 0.1) is 6.92 Å². The monoisotopic (exact) mass is 327 g/mol. The molecule has 9 heteroatoms. The van der Waals surface area contributed by atoms with Gasteiger partial charge in [0.2, 0.25) is 11.7 Å². The van der Waals surface area contributed by atoms with E-state index in [1.165, 1.54) is 11.1 Å². The summed E-state index contributed by atoms with van der Waals surface area (Å²) < 4.78 is 7.31. The molecule has 0 aliphatic carbocycles. The summed E-state index contributed by atoms with van der Waals surface area (Å²) in [5, 5.41) is 14.9. The first kappa shape index (κ1) is 14.6. The second-order valence-electron chi connectivity index (χ2n) is 5.87. The van der Waals surface area contributed by atoms with E-state index in [1.807, 2.05) is 13.1 Å². The molecule has 24 heavy (non-hydrogen) atoms. The molecule has 0 spiro atoms. The topological polar surface area (TPSA) is 104 Å². The van der Waals surface area contributed by atoms with Crippen molar-refractivity contribution in [3.05, 3.63) is 36.1 Å². The summed E-state index contributed by atoms with van der Waals surface area (Å²) >= 11 is 0. The van der Waals surface area contributed by atoms with Crippen molar-refractivity contribution in [3.8, 4) is 11.6 Å². The number of carbonyl (C=O) groups is 1. The van der Waals surface area contributed by atoms with E-state index >= 15 is 0 Å². The van der Waals surface area contributed by atoms with Crippen molar-refractivity contribution in [2.24, 2.45) is 0 Å². The summed E-state index contributed by atoms with van der Waals surface area (Å²) in [5.74, 6) is 1.84. The lowest BCUT2D eigenvalue weighted by Gasteiger charge is -2.24. The fourth-order valence-electron chi connectivity index (χ4n) is 2.92. The van der Waals surface area contributed by atoms with Gasteiger partial charge >= 0.3 is 0 Å². The average Bonchev–Trinajstić information content (AvgIpc) is 3.25. The van der Waals surface area contributed by atoms with Crippen molar-refractivity contribution in [2.45, 2.75) is 38.9 Å². The quantitative estimate of drug-likeness (QED) is 0.751. The number of tetrazole rings is 1. The molecule has 0 fully saturated rings. The molecule has 1 aliphatic heterocycles. The van der Waals surface area contributed by atoms with Gasteiger partial charge in [-0.3, -0.25) is 4.79 Å². The molecule has 0 radical (unpaired) electrons. The Balaban J connectivity index is 1.36. The third-order valence-corrected chi connectivity index (χ3v) is 3.96. The third-order valence-electron chi connectivity index (χ3n) is 3.96. The number of rotatable bonds is 4. The Bertz CT molecular complexity index is 849. The molecule has 1 aliphatic rings. The molecule has 3 aromatic heterocycles. The molecule has 124 valence electrons. The standard InChI is InChI=1S/C15H17N7O2/c1-10-7-21-8-11(4-5-13(21)16-10)17-14(23)9-22-19-15(18-20-22)12-3-2-6-24-12/h2-3,6-7,11H,4-5,8-9H2,1H3,(H,17,23)/t11-/m1/s1. The Morgan fingerprint density at radius 2 is 2.42 bits per heavy atom. The zero-order chi connectivity index (χ0) is 16.5. The maximum atomic E-state index is 12.2. The highest BCUT2D eigenvalue weighted by Gasteiger charge is 2.21. The van der Waals surface area contributed by atoms with Gasteiger partial charge in [0.05, 0.1) is 12.0 Å². The van der Waals surface area contributed by atoms with Crippen molar-refractivity contribution in [2.75, 3.05) is 0 Å². The smallest absolute Gasteiger partial charge is 0.243 e. The largest absolute Gasteiger partial charge is 0.461 e. The molecule has 9 nitrogen and oxygen atoms in total. The van der Waals surface area contributed by atoms with E-state index in [1.54, 1.807) is 12.1 Å². The summed E-state index contributed by atoms with van der Waals surface area (Å²) in [4.78, 5) is 17.9. The van der Waals surface area contributed by atoms with Gasteiger partial charge in [-0.1, -0.05) is 0 Å². The number of hydrogen-bond donors (Lipinski definition) is 1. The van der Waals surface area contributed by atoms with Gasteiger partial charge in [0.1, 0.15) is 12.4 Å². The first-order chi connectivity index (χ1) is 11.7. The lowest BCUT2D eigenvalue weighted by atomic mass is 10.1. The van der Waals surface area contributed by atoms with Crippen molar-refractivity contribution in [1.82, 2.24) is 35.1 Å². The van der Waals surface area contributed by atoms with Crippen LogP contribution in [0.1, 0.15) is 17.9 Å². The van der Waals surface area contributed by atoms with Gasteiger partial charge in [-0.2, -0.15) is 4.80 Å². The molecule has 0 bridgehead atoms. The predicted molar refractivity (Wildman–Crippen MR) is 82.7 cm³/mol. The molecule has 1 atom stereocenters. The van der Waals surface area contributed by atoms with E-state index in [0.717, 1.165) is 30.9 Å². The van der Waals surface area contributed by atoms with Crippen molar-refractivity contribution in [1.29, 1.82) is 0 Å². The Kier molecular flexibility index (Phi) is 3.60. The van der Waals surface area contributed by atoms with E-state index < -0.39 is 0 Å². The summed E-state index contributed by atoms with van der Waals surface area (Å²) in [7, 11) is 0. The van der Waals surface area contributed by atoms with Gasteiger partial charge < -0.3 is 14.3 Å². The van der Waals surface area contributed by atoms with Gasteiger partial charge in [0.25, 0.3) is 0 Å². The lowest BCUT2D eigenvalue weighted by molar-refractivity contribution is -0.123. The molecule has 0 saturated heterocycles. The molecule has 3 aromatic rings. The second-order valence-corrected chi connectivity index (χ2v) is 5.87. The van der Waals surface area contributed by atoms with Gasteiger partial charge in [-0.25, -0.2) is 4.98 Å². The zero-order valence-electron chi connectivity index (χ0n) is 13.2. The van der Waals surface area contributed by atoms with Crippen LogP contribution < -0.4 is 5.32 Å². The second kappa shape index (κ2) is 5.91. The molecule has 0 saturated carbocycles. The van der Waals surface area contributed by atoms with E-state index in [2.05, 4.69) is 30.3 Å². The lowest BCUT2D eigenvalue weighted by Crippen LogP contribution is -2.42. The number of carbonyl (C=O) groups excluding carboxylic acids is 1. The Hall–Kier alpha value is -2.97. The summed E-state index contributed by atoms with van der Waals surface area (Å²) in [6.45, 7) is 2.75. The minimum atomic E-state index is -0.135. The highest BCUT2D eigenvalue weighted by molar-refractivity contribution is 5.75. The zero-order valence-corrected chi connectivity index (χ0v) is 13.2. The minimum Gasteiger partial charge on any atom is -0.461 e. The third kappa shape index (κ3) is 2.92. The molecule has 4 heterocycles. The number of nitrogens with one attached hydrogen (secondary N) is 1.